The molecule has 0 radical (unpaired) electrons. The van der Waals surface area contributed by atoms with Crippen LogP contribution in [0.3, 0.4) is 0 Å². The molecule has 0 saturated carbocycles. The quantitative estimate of drug-likeness (QED) is 0.763. The molecule has 0 saturated heterocycles. The van der Waals surface area contributed by atoms with Gasteiger partial charge in [0, 0.05) is 19.1 Å². The molecular formula is C16H27N3O. The molecule has 20 heavy (non-hydrogen) atoms. The van der Waals surface area contributed by atoms with Crippen molar-refractivity contribution in [3.05, 3.63) is 35.4 Å². The summed E-state index contributed by atoms with van der Waals surface area (Å²) < 4.78 is 0. The van der Waals surface area contributed by atoms with Crippen molar-refractivity contribution in [2.75, 3.05) is 13.6 Å². The standard InChI is InChI=1S/C16H27N3O/c1-4-15(5-2)18-16(20)12-19(3)11-14-8-6-13(10-17)7-9-14/h6-9,15H,4-5,10-12,17H2,1-3H3,(H,18,20). The van der Waals surface area contributed by atoms with E-state index in [-0.39, 0.29) is 5.91 Å². The Kier molecular flexibility index (Phi) is 7.26. The highest BCUT2D eigenvalue weighted by atomic mass is 16.2. The van der Waals surface area contributed by atoms with E-state index in [0.29, 0.717) is 19.1 Å². The van der Waals surface area contributed by atoms with Crippen molar-refractivity contribution in [1.29, 1.82) is 0 Å². The van der Waals surface area contributed by atoms with Crippen molar-refractivity contribution >= 4 is 5.91 Å². The zero-order chi connectivity index (χ0) is 15.0. The molecule has 112 valence electrons. The molecule has 3 N–H and O–H groups in total. The first-order valence-corrected chi connectivity index (χ1v) is 7.34. The minimum atomic E-state index is 0.0970. The molecule has 1 amide bonds. The number of benzene rings is 1. The normalized spacial score (nSPS) is 11.1. The second-order valence-corrected chi connectivity index (χ2v) is 5.27. The van der Waals surface area contributed by atoms with Crippen molar-refractivity contribution in [1.82, 2.24) is 10.2 Å². The van der Waals surface area contributed by atoms with Crippen molar-refractivity contribution in [2.45, 2.75) is 45.8 Å². The Balaban J connectivity index is 2.41. The SMILES string of the molecule is CCC(CC)NC(=O)CN(C)Cc1ccc(CN)cc1. The number of nitrogens with two attached hydrogens (primary N) is 1. The Labute approximate surface area is 122 Å². The van der Waals surface area contributed by atoms with Gasteiger partial charge in [-0.2, -0.15) is 0 Å². The zero-order valence-electron chi connectivity index (χ0n) is 12.9. The van der Waals surface area contributed by atoms with Gasteiger partial charge >= 0.3 is 0 Å². The predicted octanol–water partition coefficient (Wildman–Crippen LogP) is 1.88. The molecule has 0 bridgehead atoms. The van der Waals surface area contributed by atoms with E-state index in [9.17, 15) is 4.79 Å². The molecular weight excluding hydrogens is 250 g/mol. The Morgan fingerprint density at radius 1 is 1.20 bits per heavy atom. The summed E-state index contributed by atoms with van der Waals surface area (Å²) in [6, 6.07) is 8.50. The molecule has 1 aromatic rings. The van der Waals surface area contributed by atoms with Crippen LogP contribution in [0.15, 0.2) is 24.3 Å². The van der Waals surface area contributed by atoms with Gasteiger partial charge < -0.3 is 11.1 Å². The fraction of sp³-hybridized carbons (Fsp3) is 0.562. The Bertz CT molecular complexity index is 399. The summed E-state index contributed by atoms with van der Waals surface area (Å²) >= 11 is 0. The monoisotopic (exact) mass is 277 g/mol. The number of nitrogens with zero attached hydrogens (tertiary/aromatic N) is 1. The van der Waals surface area contributed by atoms with Gasteiger partial charge in [-0.15, -0.1) is 0 Å². The van der Waals surface area contributed by atoms with Gasteiger partial charge in [0.15, 0.2) is 0 Å². The molecule has 0 unspecified atom stereocenters. The topological polar surface area (TPSA) is 58.4 Å². The molecule has 0 heterocycles. The Morgan fingerprint density at radius 3 is 2.25 bits per heavy atom. The van der Waals surface area contributed by atoms with Crippen molar-refractivity contribution in [3.63, 3.8) is 0 Å². The van der Waals surface area contributed by atoms with Crippen LogP contribution < -0.4 is 11.1 Å². The highest BCUT2D eigenvalue weighted by Crippen LogP contribution is 2.06. The van der Waals surface area contributed by atoms with E-state index in [0.717, 1.165) is 24.9 Å². The van der Waals surface area contributed by atoms with Crippen LogP contribution >= 0.6 is 0 Å². The number of hydrogen-bond donors (Lipinski definition) is 2. The molecule has 4 nitrogen and oxygen atoms in total. The number of hydrogen-bond acceptors (Lipinski definition) is 3. The van der Waals surface area contributed by atoms with Crippen LogP contribution in [0.1, 0.15) is 37.8 Å². The minimum absolute atomic E-state index is 0.0970. The first-order valence-electron chi connectivity index (χ1n) is 7.34. The molecule has 0 aliphatic carbocycles. The summed E-state index contributed by atoms with van der Waals surface area (Å²) in [6.07, 6.45) is 1.96. The van der Waals surface area contributed by atoms with Crippen molar-refractivity contribution < 1.29 is 4.79 Å². The van der Waals surface area contributed by atoms with E-state index >= 15 is 0 Å². The molecule has 1 aromatic carbocycles. The van der Waals surface area contributed by atoms with Crippen LogP contribution in [0.4, 0.5) is 0 Å². The van der Waals surface area contributed by atoms with Crippen LogP contribution in [0.25, 0.3) is 0 Å². The number of likely N-dealkylation sites (N-methyl/N-ethyl adjacent to an activating group) is 1. The van der Waals surface area contributed by atoms with E-state index in [2.05, 4.69) is 31.3 Å². The molecule has 0 atom stereocenters. The highest BCUT2D eigenvalue weighted by molar-refractivity contribution is 5.78. The van der Waals surface area contributed by atoms with E-state index in [4.69, 9.17) is 5.73 Å². The van der Waals surface area contributed by atoms with Gasteiger partial charge in [0.1, 0.15) is 0 Å². The van der Waals surface area contributed by atoms with Gasteiger partial charge in [0.2, 0.25) is 5.91 Å². The second kappa shape index (κ2) is 8.72. The number of amides is 1. The first-order chi connectivity index (χ1) is 9.58. The third-order valence-corrected chi connectivity index (χ3v) is 3.48. The van der Waals surface area contributed by atoms with Gasteiger partial charge in [-0.05, 0) is 31.0 Å². The number of carbonyl (C=O) groups is 1. The van der Waals surface area contributed by atoms with E-state index in [1.807, 2.05) is 24.1 Å². The lowest BCUT2D eigenvalue weighted by Gasteiger charge is -2.19. The fourth-order valence-corrected chi connectivity index (χ4v) is 2.16. The summed E-state index contributed by atoms with van der Waals surface area (Å²) in [6.45, 7) is 5.94. The maximum absolute atomic E-state index is 11.9. The number of carbonyl (C=O) groups excluding carboxylic acids is 1. The molecule has 0 aliphatic rings. The second-order valence-electron chi connectivity index (χ2n) is 5.27. The van der Waals surface area contributed by atoms with Crippen molar-refractivity contribution in [2.24, 2.45) is 5.73 Å². The Morgan fingerprint density at radius 2 is 1.75 bits per heavy atom. The lowest BCUT2D eigenvalue weighted by Crippen LogP contribution is -2.40. The molecule has 0 aliphatic heterocycles. The van der Waals surface area contributed by atoms with E-state index in [1.165, 1.54) is 5.56 Å². The van der Waals surface area contributed by atoms with Crippen molar-refractivity contribution in [3.8, 4) is 0 Å². The fourth-order valence-electron chi connectivity index (χ4n) is 2.16. The van der Waals surface area contributed by atoms with Crippen LogP contribution in [0.2, 0.25) is 0 Å². The molecule has 4 heteroatoms. The maximum atomic E-state index is 11.9. The van der Waals surface area contributed by atoms with Crippen LogP contribution in [0.5, 0.6) is 0 Å². The van der Waals surface area contributed by atoms with E-state index < -0.39 is 0 Å². The molecule has 0 aromatic heterocycles. The van der Waals surface area contributed by atoms with Gasteiger partial charge in [0.05, 0.1) is 6.54 Å². The lowest BCUT2D eigenvalue weighted by atomic mass is 10.1. The first kappa shape index (κ1) is 16.7. The van der Waals surface area contributed by atoms with Gasteiger partial charge in [-0.3, -0.25) is 9.69 Å². The molecule has 1 rings (SSSR count). The summed E-state index contributed by atoms with van der Waals surface area (Å²) in [5, 5.41) is 3.05. The average Bonchev–Trinajstić information content (AvgIpc) is 2.45. The summed E-state index contributed by atoms with van der Waals surface area (Å²) in [7, 11) is 1.96. The average molecular weight is 277 g/mol. The number of nitrogens with one attached hydrogen (secondary N) is 1. The smallest absolute Gasteiger partial charge is 0.234 e. The summed E-state index contributed by atoms with van der Waals surface area (Å²) in [4.78, 5) is 13.9. The lowest BCUT2D eigenvalue weighted by molar-refractivity contribution is -0.122. The number of rotatable bonds is 8. The Hall–Kier alpha value is -1.39. The summed E-state index contributed by atoms with van der Waals surface area (Å²) in [5.74, 6) is 0.0970. The predicted molar refractivity (Wildman–Crippen MR) is 83.2 cm³/mol. The van der Waals surface area contributed by atoms with Crippen LogP contribution in [-0.4, -0.2) is 30.4 Å². The highest BCUT2D eigenvalue weighted by Gasteiger charge is 2.10. The maximum Gasteiger partial charge on any atom is 0.234 e. The van der Waals surface area contributed by atoms with Gasteiger partial charge in [-0.1, -0.05) is 38.1 Å². The van der Waals surface area contributed by atoms with Gasteiger partial charge in [-0.25, -0.2) is 0 Å². The third kappa shape index (κ3) is 5.72. The molecule has 0 spiro atoms. The summed E-state index contributed by atoms with van der Waals surface area (Å²) in [5.41, 5.74) is 7.90. The zero-order valence-corrected chi connectivity index (χ0v) is 12.9. The van der Waals surface area contributed by atoms with E-state index in [1.54, 1.807) is 0 Å². The van der Waals surface area contributed by atoms with Gasteiger partial charge in [0.25, 0.3) is 0 Å². The third-order valence-electron chi connectivity index (χ3n) is 3.48. The molecule has 0 fully saturated rings. The van der Waals surface area contributed by atoms with Crippen LogP contribution in [-0.2, 0) is 17.9 Å². The largest absolute Gasteiger partial charge is 0.352 e. The van der Waals surface area contributed by atoms with Crippen LogP contribution in [0, 0.1) is 0 Å². The minimum Gasteiger partial charge on any atom is -0.352 e.